The van der Waals surface area contributed by atoms with Gasteiger partial charge in [0.15, 0.2) is 5.65 Å². The average Bonchev–Trinajstić information content (AvgIpc) is 2.89. The topological polar surface area (TPSA) is 97.3 Å². The van der Waals surface area contributed by atoms with Gasteiger partial charge in [-0.15, -0.1) is 0 Å². The first-order valence-corrected chi connectivity index (χ1v) is 7.19. The number of hydrogen-bond donors (Lipinski definition) is 3. The molecule has 4 N–H and O–H groups in total. The molecule has 2 aromatic heterocycles. The number of nitrogens with zero attached hydrogens (tertiary/aromatic N) is 3. The number of anilines is 3. The predicted molar refractivity (Wildman–Crippen MR) is 90.3 cm³/mol. The molecule has 0 unspecified atom stereocenters. The van der Waals surface area contributed by atoms with Crippen LogP contribution >= 0.6 is 0 Å². The molecule has 2 heterocycles. The highest BCUT2D eigenvalue weighted by atomic mass is 16.1. The second-order valence-electron chi connectivity index (χ2n) is 5.44. The minimum atomic E-state index is -0.557. The minimum absolute atomic E-state index is 0.283. The van der Waals surface area contributed by atoms with Crippen LogP contribution in [0.3, 0.4) is 0 Å². The lowest BCUT2D eigenvalue weighted by Gasteiger charge is -2.11. The van der Waals surface area contributed by atoms with Crippen LogP contribution in [0.5, 0.6) is 0 Å². The number of carbonyl (C=O) groups is 1. The molecule has 23 heavy (non-hydrogen) atoms. The zero-order valence-electron chi connectivity index (χ0n) is 13.2. The second-order valence-corrected chi connectivity index (χ2v) is 5.44. The Morgan fingerprint density at radius 2 is 1.87 bits per heavy atom. The Morgan fingerprint density at radius 3 is 2.48 bits per heavy atom. The van der Waals surface area contributed by atoms with E-state index in [-0.39, 0.29) is 5.56 Å². The lowest BCUT2D eigenvalue weighted by Crippen LogP contribution is -2.12. The van der Waals surface area contributed by atoms with Gasteiger partial charge in [-0.2, -0.15) is 9.61 Å². The van der Waals surface area contributed by atoms with Gasteiger partial charge in [0.05, 0.1) is 6.20 Å². The third-order valence-corrected chi connectivity index (χ3v) is 3.49. The van der Waals surface area contributed by atoms with E-state index in [1.807, 2.05) is 32.0 Å². The van der Waals surface area contributed by atoms with Gasteiger partial charge in [0.25, 0.3) is 5.91 Å². The molecule has 1 amide bonds. The van der Waals surface area contributed by atoms with Gasteiger partial charge in [-0.3, -0.25) is 4.79 Å². The molecule has 0 bridgehead atoms. The van der Waals surface area contributed by atoms with Crippen molar-refractivity contribution in [1.82, 2.24) is 14.6 Å². The van der Waals surface area contributed by atoms with Crippen molar-refractivity contribution in [1.29, 1.82) is 0 Å². The fourth-order valence-corrected chi connectivity index (χ4v) is 2.57. The average molecular weight is 310 g/mol. The van der Waals surface area contributed by atoms with E-state index >= 15 is 0 Å². The van der Waals surface area contributed by atoms with Crippen LogP contribution < -0.4 is 16.4 Å². The summed E-state index contributed by atoms with van der Waals surface area (Å²) in [4.78, 5) is 16.0. The Kier molecular flexibility index (Phi) is 3.61. The molecule has 1 aromatic carbocycles. The summed E-state index contributed by atoms with van der Waals surface area (Å²) in [6, 6.07) is 7.98. The van der Waals surface area contributed by atoms with Crippen molar-refractivity contribution < 1.29 is 4.79 Å². The van der Waals surface area contributed by atoms with Crippen molar-refractivity contribution in [3.63, 3.8) is 0 Å². The maximum Gasteiger partial charge on any atom is 0.254 e. The molecule has 0 fully saturated rings. The van der Waals surface area contributed by atoms with Gasteiger partial charge >= 0.3 is 0 Å². The molecule has 0 aliphatic rings. The fourth-order valence-electron chi connectivity index (χ4n) is 2.57. The molecule has 7 nitrogen and oxygen atoms in total. The number of amides is 1. The zero-order chi connectivity index (χ0) is 16.6. The lowest BCUT2D eigenvalue weighted by atomic mass is 10.1. The first-order valence-electron chi connectivity index (χ1n) is 7.19. The Hall–Kier alpha value is -3.09. The van der Waals surface area contributed by atoms with E-state index in [2.05, 4.69) is 26.8 Å². The number of primary amides is 1. The molecule has 0 saturated heterocycles. The standard InChI is InChI=1S/C16H18N6O/c1-9-4-10(2)6-11(5-9)20-13-7-14(18-3)22-16(21-13)12(8-19-22)15(17)23/h4-8,18H,1-3H3,(H2,17,23)(H,20,21). The van der Waals surface area contributed by atoms with Crippen molar-refractivity contribution in [3.05, 3.63) is 47.2 Å². The predicted octanol–water partition coefficient (Wildman–Crippen LogP) is 2.23. The Bertz CT molecular complexity index is 879. The van der Waals surface area contributed by atoms with Crippen molar-refractivity contribution in [2.45, 2.75) is 13.8 Å². The SMILES string of the molecule is CNc1cc(Nc2cc(C)cc(C)c2)nc2c(C(N)=O)cnn12. The summed E-state index contributed by atoms with van der Waals surface area (Å²) in [7, 11) is 1.78. The van der Waals surface area contributed by atoms with Gasteiger partial charge < -0.3 is 16.4 Å². The summed E-state index contributed by atoms with van der Waals surface area (Å²) in [6.45, 7) is 4.08. The van der Waals surface area contributed by atoms with E-state index in [1.165, 1.54) is 6.20 Å². The van der Waals surface area contributed by atoms with Crippen LogP contribution in [0.15, 0.2) is 30.5 Å². The summed E-state index contributed by atoms with van der Waals surface area (Å²) in [5, 5.41) is 10.5. The number of aromatic nitrogens is 3. The van der Waals surface area contributed by atoms with Crippen molar-refractivity contribution in [2.24, 2.45) is 5.73 Å². The van der Waals surface area contributed by atoms with E-state index in [0.29, 0.717) is 17.3 Å². The largest absolute Gasteiger partial charge is 0.373 e. The highest BCUT2D eigenvalue weighted by Crippen LogP contribution is 2.23. The van der Waals surface area contributed by atoms with E-state index < -0.39 is 5.91 Å². The molecule has 118 valence electrons. The third-order valence-electron chi connectivity index (χ3n) is 3.49. The monoisotopic (exact) mass is 310 g/mol. The Labute approximate surface area is 133 Å². The maximum atomic E-state index is 11.5. The van der Waals surface area contributed by atoms with Crippen molar-refractivity contribution in [3.8, 4) is 0 Å². The number of nitrogens with two attached hydrogens (primary N) is 1. The van der Waals surface area contributed by atoms with Gasteiger partial charge in [0.2, 0.25) is 0 Å². The molecule has 0 spiro atoms. The zero-order valence-corrected chi connectivity index (χ0v) is 13.2. The minimum Gasteiger partial charge on any atom is -0.373 e. The third kappa shape index (κ3) is 2.80. The van der Waals surface area contributed by atoms with Gasteiger partial charge in [0, 0.05) is 18.8 Å². The van der Waals surface area contributed by atoms with Crippen LogP contribution in [-0.4, -0.2) is 27.6 Å². The smallest absolute Gasteiger partial charge is 0.254 e. The molecule has 0 saturated carbocycles. The van der Waals surface area contributed by atoms with Gasteiger partial charge in [-0.1, -0.05) is 6.07 Å². The van der Waals surface area contributed by atoms with Gasteiger partial charge in [0.1, 0.15) is 17.2 Å². The molecule has 0 aliphatic heterocycles. The van der Waals surface area contributed by atoms with Crippen LogP contribution in [0.4, 0.5) is 17.3 Å². The first kappa shape index (κ1) is 14.8. The number of benzene rings is 1. The summed E-state index contributed by atoms with van der Waals surface area (Å²) in [5.74, 6) is 0.752. The number of fused-ring (bicyclic) bond motifs is 1. The number of hydrogen-bond acceptors (Lipinski definition) is 5. The van der Waals surface area contributed by atoms with Crippen LogP contribution in [0.2, 0.25) is 0 Å². The molecule has 0 aliphatic carbocycles. The summed E-state index contributed by atoms with van der Waals surface area (Å²) < 4.78 is 1.55. The summed E-state index contributed by atoms with van der Waals surface area (Å²) in [6.07, 6.45) is 1.42. The number of carbonyl (C=O) groups excluding carboxylic acids is 1. The molecule has 7 heteroatoms. The highest BCUT2D eigenvalue weighted by molar-refractivity contribution is 5.98. The molecule has 0 atom stereocenters. The van der Waals surface area contributed by atoms with Crippen LogP contribution in [-0.2, 0) is 0 Å². The van der Waals surface area contributed by atoms with Gasteiger partial charge in [-0.25, -0.2) is 4.98 Å². The number of aryl methyl sites for hydroxylation is 2. The lowest BCUT2D eigenvalue weighted by molar-refractivity contribution is 0.100. The molecular weight excluding hydrogens is 292 g/mol. The highest BCUT2D eigenvalue weighted by Gasteiger charge is 2.14. The maximum absolute atomic E-state index is 11.5. The second kappa shape index (κ2) is 5.60. The van der Waals surface area contributed by atoms with Crippen molar-refractivity contribution in [2.75, 3.05) is 17.7 Å². The van der Waals surface area contributed by atoms with Crippen LogP contribution in [0.25, 0.3) is 5.65 Å². The van der Waals surface area contributed by atoms with E-state index in [9.17, 15) is 4.79 Å². The van der Waals surface area contributed by atoms with E-state index in [4.69, 9.17) is 5.73 Å². The van der Waals surface area contributed by atoms with Crippen LogP contribution in [0.1, 0.15) is 21.5 Å². The van der Waals surface area contributed by atoms with Gasteiger partial charge in [-0.05, 0) is 37.1 Å². The molecule has 0 radical (unpaired) electrons. The normalized spacial score (nSPS) is 10.7. The number of nitrogens with one attached hydrogen (secondary N) is 2. The molecule has 3 aromatic rings. The summed E-state index contributed by atoms with van der Waals surface area (Å²) >= 11 is 0. The Balaban J connectivity index is 2.10. The van der Waals surface area contributed by atoms with Crippen molar-refractivity contribution >= 4 is 28.9 Å². The summed E-state index contributed by atoms with van der Waals surface area (Å²) in [5.41, 5.74) is 9.33. The quantitative estimate of drug-likeness (QED) is 0.686. The first-order chi connectivity index (χ1) is 11.0. The Morgan fingerprint density at radius 1 is 1.17 bits per heavy atom. The number of rotatable bonds is 4. The fraction of sp³-hybridized carbons (Fsp3) is 0.188. The molecular formula is C16H18N6O. The van der Waals surface area contributed by atoms with E-state index in [1.54, 1.807) is 11.6 Å². The molecule has 3 rings (SSSR count). The van der Waals surface area contributed by atoms with Crippen LogP contribution in [0, 0.1) is 13.8 Å². The van der Waals surface area contributed by atoms with E-state index in [0.717, 1.165) is 16.8 Å².